The number of hydrogen-bond donors (Lipinski definition) is 1. The van der Waals surface area contributed by atoms with Gasteiger partial charge < -0.3 is 10.2 Å². The number of carbonyl (C=O) groups is 1. The Morgan fingerprint density at radius 2 is 1.66 bits per heavy atom. The molecule has 1 N–H and O–H groups in total. The lowest BCUT2D eigenvalue weighted by Crippen LogP contribution is -2.32. The Labute approximate surface area is 227 Å². The van der Waals surface area contributed by atoms with Crippen molar-refractivity contribution >= 4 is 11.6 Å². The molecule has 5 nitrogen and oxygen atoms in total. The molecule has 1 amide bonds. The maximum atomic E-state index is 14.0. The molecule has 0 saturated carbocycles. The molecule has 5 heteroatoms. The van der Waals surface area contributed by atoms with Crippen LogP contribution in [0.25, 0.3) is 17.0 Å². The Morgan fingerprint density at radius 3 is 2.37 bits per heavy atom. The molecule has 198 valence electrons. The maximum Gasteiger partial charge on any atom is 0.255 e. The van der Waals surface area contributed by atoms with E-state index < -0.39 is 0 Å². The fourth-order valence-electron chi connectivity index (χ4n) is 5.09. The molecule has 1 aromatic heterocycles. The van der Waals surface area contributed by atoms with Crippen LogP contribution in [-0.2, 0) is 0 Å². The van der Waals surface area contributed by atoms with Gasteiger partial charge in [0.1, 0.15) is 5.69 Å². The number of carbonyl (C=O) groups excluding carboxylic acids is 1. The number of amides is 1. The highest BCUT2D eigenvalue weighted by Gasteiger charge is 2.26. The van der Waals surface area contributed by atoms with Gasteiger partial charge >= 0.3 is 0 Å². The van der Waals surface area contributed by atoms with Crippen molar-refractivity contribution in [2.75, 3.05) is 19.6 Å². The van der Waals surface area contributed by atoms with Gasteiger partial charge in [-0.15, -0.1) is 0 Å². The average Bonchev–Trinajstić information content (AvgIpc) is 3.52. The number of hydrogen-bond acceptors (Lipinski definition) is 3. The van der Waals surface area contributed by atoms with E-state index in [0.29, 0.717) is 11.3 Å². The zero-order valence-electron chi connectivity index (χ0n) is 22.9. The van der Waals surface area contributed by atoms with Gasteiger partial charge in [-0.3, -0.25) is 4.79 Å². The van der Waals surface area contributed by atoms with Crippen LogP contribution >= 0.6 is 0 Å². The van der Waals surface area contributed by atoms with Gasteiger partial charge in [-0.2, -0.15) is 5.10 Å². The van der Waals surface area contributed by atoms with Gasteiger partial charge in [0.25, 0.3) is 5.91 Å². The van der Waals surface area contributed by atoms with Crippen molar-refractivity contribution in [3.05, 3.63) is 108 Å². The normalized spacial score (nSPS) is 15.8. The van der Waals surface area contributed by atoms with Crippen LogP contribution in [0, 0.1) is 6.92 Å². The molecule has 5 rings (SSSR count). The molecule has 0 bridgehead atoms. The van der Waals surface area contributed by atoms with E-state index >= 15 is 0 Å². The number of benzene rings is 2. The summed E-state index contributed by atoms with van der Waals surface area (Å²) in [5.74, 6) is -0.0818. The van der Waals surface area contributed by atoms with Gasteiger partial charge in [0.2, 0.25) is 0 Å². The van der Waals surface area contributed by atoms with Crippen molar-refractivity contribution in [3.63, 3.8) is 0 Å². The van der Waals surface area contributed by atoms with Gasteiger partial charge in [0, 0.05) is 12.1 Å². The van der Waals surface area contributed by atoms with Gasteiger partial charge in [0.05, 0.1) is 23.0 Å². The topological polar surface area (TPSA) is 50.2 Å². The van der Waals surface area contributed by atoms with E-state index in [-0.39, 0.29) is 11.9 Å². The minimum absolute atomic E-state index is 0.0643. The third-order valence-corrected chi connectivity index (χ3v) is 7.04. The summed E-state index contributed by atoms with van der Waals surface area (Å²) in [6, 6.07) is 20.3. The largest absolute Gasteiger partial charge is 0.345 e. The summed E-state index contributed by atoms with van der Waals surface area (Å²) in [4.78, 5) is 16.5. The molecule has 1 atom stereocenters. The molecule has 2 aromatic carbocycles. The van der Waals surface area contributed by atoms with E-state index in [4.69, 9.17) is 5.10 Å². The second-order valence-electron chi connectivity index (χ2n) is 9.52. The molecular formula is C33H40N4O. The van der Waals surface area contributed by atoms with E-state index in [9.17, 15) is 4.79 Å². The maximum absolute atomic E-state index is 14.0. The van der Waals surface area contributed by atoms with E-state index in [1.165, 1.54) is 12.8 Å². The summed E-state index contributed by atoms with van der Waals surface area (Å²) in [5.41, 5.74) is 5.20. The van der Waals surface area contributed by atoms with E-state index in [1.54, 1.807) is 0 Å². The van der Waals surface area contributed by atoms with Crippen LogP contribution in [0.3, 0.4) is 0 Å². The minimum atomic E-state index is -0.0818. The van der Waals surface area contributed by atoms with E-state index in [2.05, 4.69) is 40.6 Å². The van der Waals surface area contributed by atoms with Crippen molar-refractivity contribution in [1.82, 2.24) is 20.0 Å². The summed E-state index contributed by atoms with van der Waals surface area (Å²) in [7, 11) is 0. The summed E-state index contributed by atoms with van der Waals surface area (Å²) in [5, 5.41) is 8.33. The zero-order valence-corrected chi connectivity index (χ0v) is 22.9. The second-order valence-corrected chi connectivity index (χ2v) is 9.52. The Morgan fingerprint density at radius 1 is 0.974 bits per heavy atom. The first-order valence-electron chi connectivity index (χ1n) is 14.0. The van der Waals surface area contributed by atoms with Crippen LogP contribution in [0.15, 0.2) is 91.0 Å². The quantitative estimate of drug-likeness (QED) is 0.350. The lowest BCUT2D eigenvalue weighted by atomic mass is 10.0. The molecule has 1 aliphatic carbocycles. The van der Waals surface area contributed by atoms with Crippen LogP contribution in [0.4, 0.5) is 0 Å². The number of nitrogens with zero attached hydrogens (tertiary/aromatic N) is 3. The number of nitrogens with one attached hydrogen (secondary N) is 1. The molecular weight excluding hydrogens is 468 g/mol. The van der Waals surface area contributed by atoms with Crippen molar-refractivity contribution in [2.24, 2.45) is 0 Å². The van der Waals surface area contributed by atoms with Crippen LogP contribution < -0.4 is 5.32 Å². The van der Waals surface area contributed by atoms with E-state index in [0.717, 1.165) is 55.0 Å². The monoisotopic (exact) mass is 508 g/mol. The molecule has 3 aromatic rings. The van der Waals surface area contributed by atoms with Crippen LogP contribution in [-0.4, -0.2) is 40.2 Å². The standard InChI is InChI=1S/C31H34N4O.C2H6/c1-24-29(30(26-16-8-5-9-17-26)33-35(24)27-18-10-2-3-11-19-27)31(36)32-28(25-14-6-4-7-15-25)20-23-34-21-12-13-22-34;1-2/h2,4-11,14-19,28H,3,12-13,20-23H2,1H3,(H,32,36);1-2H3. The van der Waals surface area contributed by atoms with Crippen LogP contribution in [0.5, 0.6) is 0 Å². The third kappa shape index (κ3) is 6.59. The summed E-state index contributed by atoms with van der Waals surface area (Å²) < 4.78 is 1.89. The van der Waals surface area contributed by atoms with Crippen LogP contribution in [0.2, 0.25) is 0 Å². The van der Waals surface area contributed by atoms with Crippen molar-refractivity contribution in [2.45, 2.75) is 52.5 Å². The molecule has 38 heavy (non-hydrogen) atoms. The lowest BCUT2D eigenvalue weighted by Gasteiger charge is -2.23. The molecule has 2 heterocycles. The molecule has 2 aliphatic rings. The highest BCUT2D eigenvalue weighted by atomic mass is 16.1. The van der Waals surface area contributed by atoms with Crippen molar-refractivity contribution in [3.8, 4) is 11.3 Å². The number of rotatable bonds is 8. The molecule has 0 radical (unpaired) electrons. The molecule has 0 spiro atoms. The number of likely N-dealkylation sites (tertiary alicyclic amines) is 1. The fourth-order valence-corrected chi connectivity index (χ4v) is 5.09. The predicted molar refractivity (Wildman–Crippen MR) is 158 cm³/mol. The molecule has 1 unspecified atom stereocenters. The van der Waals surface area contributed by atoms with Gasteiger partial charge in [-0.05, 0) is 63.4 Å². The number of aromatic nitrogens is 2. The summed E-state index contributed by atoms with van der Waals surface area (Å²) in [6.07, 6.45) is 14.7. The van der Waals surface area contributed by atoms with Crippen molar-refractivity contribution < 1.29 is 4.79 Å². The highest BCUT2D eigenvalue weighted by molar-refractivity contribution is 6.01. The first kappa shape index (κ1) is 27.3. The third-order valence-electron chi connectivity index (χ3n) is 7.04. The van der Waals surface area contributed by atoms with Gasteiger partial charge in [-0.1, -0.05) is 92.7 Å². The molecule has 1 saturated heterocycles. The van der Waals surface area contributed by atoms with Gasteiger partial charge in [0.15, 0.2) is 0 Å². The van der Waals surface area contributed by atoms with Crippen LogP contribution in [0.1, 0.15) is 67.2 Å². The Balaban J connectivity index is 0.00000164. The first-order chi connectivity index (χ1) is 18.7. The van der Waals surface area contributed by atoms with Crippen molar-refractivity contribution in [1.29, 1.82) is 0 Å². The Bertz CT molecular complexity index is 1270. The second kappa shape index (κ2) is 13.7. The summed E-state index contributed by atoms with van der Waals surface area (Å²) in [6.45, 7) is 9.26. The highest BCUT2D eigenvalue weighted by Crippen LogP contribution is 2.29. The lowest BCUT2D eigenvalue weighted by molar-refractivity contribution is 0.0932. The molecule has 1 aliphatic heterocycles. The Kier molecular flexibility index (Phi) is 9.88. The number of allylic oxidation sites excluding steroid dienone is 6. The van der Waals surface area contributed by atoms with E-state index in [1.807, 2.05) is 86.1 Å². The zero-order chi connectivity index (χ0) is 26.7. The summed E-state index contributed by atoms with van der Waals surface area (Å²) >= 11 is 0. The predicted octanol–water partition coefficient (Wildman–Crippen LogP) is 7.20. The minimum Gasteiger partial charge on any atom is -0.345 e. The van der Waals surface area contributed by atoms with Gasteiger partial charge in [-0.25, -0.2) is 4.68 Å². The Hall–Kier alpha value is -3.70. The first-order valence-corrected chi connectivity index (χ1v) is 14.0. The SMILES string of the molecule is CC.Cc1c(C(=O)NC(CCN2CCCC2)c2ccccc2)c(-c2ccccc2)nn1C1=CC=CCC=C1. The molecule has 1 fully saturated rings. The fraction of sp³-hybridized carbons (Fsp3) is 0.333. The average molecular weight is 509 g/mol. The smallest absolute Gasteiger partial charge is 0.255 e.